The van der Waals surface area contributed by atoms with Crippen LogP contribution in [0.25, 0.3) is 0 Å². The van der Waals surface area contributed by atoms with Crippen molar-refractivity contribution in [2.24, 2.45) is 0 Å². The second-order valence-electron chi connectivity index (χ2n) is 8.38. The predicted molar refractivity (Wildman–Crippen MR) is 123 cm³/mol. The molecule has 2 aromatic rings. The molecule has 5 heteroatoms. The van der Waals surface area contributed by atoms with Gasteiger partial charge in [0.2, 0.25) is 5.91 Å². The molecule has 0 radical (unpaired) electrons. The zero-order chi connectivity index (χ0) is 21.6. The third kappa shape index (κ3) is 5.09. The minimum absolute atomic E-state index is 0.0732. The Balaban J connectivity index is 1.28. The molecule has 164 valence electrons. The van der Waals surface area contributed by atoms with Crippen LogP contribution in [-0.2, 0) is 17.6 Å². The summed E-state index contributed by atoms with van der Waals surface area (Å²) in [6.07, 6.45) is 5.18. The molecule has 1 aliphatic carbocycles. The van der Waals surface area contributed by atoms with Crippen molar-refractivity contribution < 1.29 is 14.3 Å². The van der Waals surface area contributed by atoms with Gasteiger partial charge in [0, 0.05) is 44.6 Å². The summed E-state index contributed by atoms with van der Waals surface area (Å²) in [5.74, 6) is 1.04. The smallest absolute Gasteiger partial charge is 0.223 e. The Hall–Kier alpha value is -2.82. The van der Waals surface area contributed by atoms with Crippen LogP contribution in [0.1, 0.15) is 54.1 Å². The van der Waals surface area contributed by atoms with E-state index in [4.69, 9.17) is 4.74 Å². The number of hydrogen-bond acceptors (Lipinski definition) is 4. The van der Waals surface area contributed by atoms with E-state index in [1.165, 1.54) is 24.0 Å². The maximum atomic E-state index is 12.7. The summed E-state index contributed by atoms with van der Waals surface area (Å²) in [6, 6.07) is 14.1. The molecule has 1 fully saturated rings. The monoisotopic (exact) mass is 420 g/mol. The molecule has 1 aliphatic heterocycles. The molecule has 0 N–H and O–H groups in total. The van der Waals surface area contributed by atoms with Crippen LogP contribution in [0.3, 0.4) is 0 Å². The number of ketones is 1. The van der Waals surface area contributed by atoms with Crippen LogP contribution in [-0.4, -0.2) is 49.4 Å². The van der Waals surface area contributed by atoms with Crippen LogP contribution >= 0.6 is 0 Å². The van der Waals surface area contributed by atoms with Crippen molar-refractivity contribution in [2.75, 3.05) is 37.7 Å². The molecule has 0 spiro atoms. The van der Waals surface area contributed by atoms with Gasteiger partial charge < -0.3 is 14.5 Å². The SMILES string of the molecule is CCOc1ccccc1N1CCN(C(=O)CCC(=O)c2ccc3c(c2)CCCC3)CC1. The van der Waals surface area contributed by atoms with Crippen molar-refractivity contribution in [1.82, 2.24) is 4.90 Å². The van der Waals surface area contributed by atoms with E-state index < -0.39 is 0 Å². The number of benzene rings is 2. The molecule has 0 saturated carbocycles. The van der Waals surface area contributed by atoms with Gasteiger partial charge in [-0.15, -0.1) is 0 Å². The van der Waals surface area contributed by atoms with E-state index in [1.807, 2.05) is 36.1 Å². The molecule has 1 heterocycles. The van der Waals surface area contributed by atoms with E-state index in [1.54, 1.807) is 0 Å². The van der Waals surface area contributed by atoms with Crippen molar-refractivity contribution >= 4 is 17.4 Å². The molecule has 4 rings (SSSR count). The van der Waals surface area contributed by atoms with Crippen LogP contribution in [0.5, 0.6) is 5.75 Å². The van der Waals surface area contributed by atoms with Crippen LogP contribution in [0.2, 0.25) is 0 Å². The van der Waals surface area contributed by atoms with Crippen molar-refractivity contribution in [1.29, 1.82) is 0 Å². The lowest BCUT2D eigenvalue weighted by atomic mass is 9.89. The fourth-order valence-corrected chi connectivity index (χ4v) is 4.62. The van der Waals surface area contributed by atoms with Crippen LogP contribution in [0.15, 0.2) is 42.5 Å². The predicted octanol–water partition coefficient (Wildman–Crippen LogP) is 4.28. The highest BCUT2D eigenvalue weighted by atomic mass is 16.5. The summed E-state index contributed by atoms with van der Waals surface area (Å²) in [6.45, 7) is 5.51. The average molecular weight is 421 g/mol. The quantitative estimate of drug-likeness (QED) is 0.628. The molecule has 0 atom stereocenters. The molecular weight excluding hydrogens is 388 g/mol. The van der Waals surface area contributed by atoms with Crippen LogP contribution in [0, 0.1) is 0 Å². The first-order valence-electron chi connectivity index (χ1n) is 11.5. The van der Waals surface area contributed by atoms with Crippen molar-refractivity contribution in [3.8, 4) is 5.75 Å². The Kier molecular flexibility index (Phi) is 6.90. The van der Waals surface area contributed by atoms with E-state index in [2.05, 4.69) is 23.1 Å². The van der Waals surface area contributed by atoms with E-state index >= 15 is 0 Å². The number of carbonyl (C=O) groups excluding carboxylic acids is 2. The largest absolute Gasteiger partial charge is 0.492 e. The van der Waals surface area contributed by atoms with E-state index in [9.17, 15) is 9.59 Å². The molecule has 31 heavy (non-hydrogen) atoms. The maximum absolute atomic E-state index is 12.7. The normalized spacial score (nSPS) is 16.0. The Morgan fingerprint density at radius 3 is 2.42 bits per heavy atom. The minimum atomic E-state index is 0.0732. The van der Waals surface area contributed by atoms with Gasteiger partial charge in [-0.25, -0.2) is 0 Å². The highest BCUT2D eigenvalue weighted by Crippen LogP contribution is 2.29. The summed E-state index contributed by atoms with van der Waals surface area (Å²) < 4.78 is 5.75. The topological polar surface area (TPSA) is 49.9 Å². The molecule has 2 aromatic carbocycles. The molecule has 0 aromatic heterocycles. The minimum Gasteiger partial charge on any atom is -0.492 e. The number of Topliss-reactive ketones (excluding diaryl/α,β-unsaturated/α-hetero) is 1. The van der Waals surface area contributed by atoms with Gasteiger partial charge in [0.05, 0.1) is 12.3 Å². The fraction of sp³-hybridized carbons (Fsp3) is 0.462. The third-order valence-electron chi connectivity index (χ3n) is 6.37. The Morgan fingerprint density at radius 1 is 0.903 bits per heavy atom. The lowest BCUT2D eigenvalue weighted by molar-refractivity contribution is -0.131. The number of para-hydroxylation sites is 2. The third-order valence-corrected chi connectivity index (χ3v) is 6.37. The van der Waals surface area contributed by atoms with Gasteiger partial charge >= 0.3 is 0 Å². The number of ether oxygens (including phenoxy) is 1. The molecule has 5 nitrogen and oxygen atoms in total. The Labute approximate surface area is 185 Å². The van der Waals surface area contributed by atoms with Gasteiger partial charge in [-0.05, 0) is 61.9 Å². The fourth-order valence-electron chi connectivity index (χ4n) is 4.62. The lowest BCUT2D eigenvalue weighted by Gasteiger charge is -2.36. The summed E-state index contributed by atoms with van der Waals surface area (Å²) in [5.41, 5.74) is 4.53. The zero-order valence-corrected chi connectivity index (χ0v) is 18.4. The van der Waals surface area contributed by atoms with E-state index in [0.29, 0.717) is 19.7 Å². The number of amides is 1. The number of anilines is 1. The number of rotatable bonds is 7. The number of nitrogens with zero attached hydrogens (tertiary/aromatic N) is 2. The summed E-state index contributed by atoms with van der Waals surface area (Å²) in [4.78, 5) is 29.5. The van der Waals surface area contributed by atoms with Crippen LogP contribution < -0.4 is 9.64 Å². The first-order chi connectivity index (χ1) is 15.2. The Bertz CT molecular complexity index is 932. The summed E-state index contributed by atoms with van der Waals surface area (Å²) >= 11 is 0. The summed E-state index contributed by atoms with van der Waals surface area (Å²) in [5, 5.41) is 0. The molecule has 2 aliphatic rings. The highest BCUT2D eigenvalue weighted by molar-refractivity contribution is 5.98. The van der Waals surface area contributed by atoms with Gasteiger partial charge in [0.1, 0.15) is 5.75 Å². The number of carbonyl (C=O) groups is 2. The first kappa shape index (κ1) is 21.4. The average Bonchev–Trinajstić information content (AvgIpc) is 2.82. The summed E-state index contributed by atoms with van der Waals surface area (Å²) in [7, 11) is 0. The molecule has 1 saturated heterocycles. The number of fused-ring (bicyclic) bond motifs is 1. The van der Waals surface area contributed by atoms with Gasteiger partial charge in [0.25, 0.3) is 0 Å². The van der Waals surface area contributed by atoms with Crippen molar-refractivity contribution in [2.45, 2.75) is 45.4 Å². The van der Waals surface area contributed by atoms with Gasteiger partial charge in [-0.1, -0.05) is 24.3 Å². The van der Waals surface area contributed by atoms with Gasteiger partial charge in [-0.3, -0.25) is 9.59 Å². The molecule has 0 bridgehead atoms. The number of aryl methyl sites for hydroxylation is 2. The Morgan fingerprint density at radius 2 is 1.65 bits per heavy atom. The van der Waals surface area contributed by atoms with E-state index in [-0.39, 0.29) is 24.5 Å². The molecule has 1 amide bonds. The zero-order valence-electron chi connectivity index (χ0n) is 18.4. The molecule has 0 unspecified atom stereocenters. The standard InChI is InChI=1S/C26H32N2O3/c1-2-31-25-10-6-5-9-23(25)27-15-17-28(18-16-27)26(30)14-13-24(29)22-12-11-20-7-3-4-8-21(20)19-22/h5-6,9-12,19H,2-4,7-8,13-18H2,1H3. The van der Waals surface area contributed by atoms with Gasteiger partial charge in [-0.2, -0.15) is 0 Å². The highest BCUT2D eigenvalue weighted by Gasteiger charge is 2.23. The first-order valence-corrected chi connectivity index (χ1v) is 11.5. The number of hydrogen-bond donors (Lipinski definition) is 0. The maximum Gasteiger partial charge on any atom is 0.223 e. The second kappa shape index (κ2) is 9.99. The van der Waals surface area contributed by atoms with E-state index in [0.717, 1.165) is 42.9 Å². The number of piperazine rings is 1. The van der Waals surface area contributed by atoms with Crippen LogP contribution in [0.4, 0.5) is 5.69 Å². The van der Waals surface area contributed by atoms with Crippen molar-refractivity contribution in [3.05, 3.63) is 59.2 Å². The molecular formula is C26H32N2O3. The van der Waals surface area contributed by atoms with Gasteiger partial charge in [0.15, 0.2) is 5.78 Å². The van der Waals surface area contributed by atoms with Crippen molar-refractivity contribution in [3.63, 3.8) is 0 Å². The lowest BCUT2D eigenvalue weighted by Crippen LogP contribution is -2.48. The second-order valence-corrected chi connectivity index (χ2v) is 8.38.